The Morgan fingerprint density at radius 2 is 1.89 bits per heavy atom. The lowest BCUT2D eigenvalue weighted by Crippen LogP contribution is -2.27. The second kappa shape index (κ2) is 9.14. The van der Waals surface area contributed by atoms with Gasteiger partial charge in [0.05, 0.1) is 4.90 Å². The Hall–Kier alpha value is -2.19. The first-order valence-electron chi connectivity index (χ1n) is 9.39. The maximum absolute atomic E-state index is 12.5. The summed E-state index contributed by atoms with van der Waals surface area (Å²) in [7, 11) is -3.37. The van der Waals surface area contributed by atoms with Gasteiger partial charge in [-0.3, -0.25) is 9.48 Å². The second-order valence-corrected chi connectivity index (χ2v) is 8.67. The molecule has 146 valence electrons. The molecule has 1 aromatic carbocycles. The largest absolute Gasteiger partial charge is 0.356 e. The van der Waals surface area contributed by atoms with Crippen LogP contribution in [0.4, 0.5) is 0 Å². The summed E-state index contributed by atoms with van der Waals surface area (Å²) in [4.78, 5) is 12.3. The van der Waals surface area contributed by atoms with E-state index in [1.807, 2.05) is 16.9 Å². The van der Waals surface area contributed by atoms with Crippen LogP contribution >= 0.6 is 0 Å². The van der Waals surface area contributed by atoms with Gasteiger partial charge >= 0.3 is 0 Å². The summed E-state index contributed by atoms with van der Waals surface area (Å²) >= 11 is 0. The summed E-state index contributed by atoms with van der Waals surface area (Å²) in [6.07, 6.45) is 7.30. The SMILES string of the molecule is O=C(CCc1ccc(S(=O)(=O)N2CCCC2)cc1)NCCCn1cccn1. The number of nitrogens with zero attached hydrogens (tertiary/aromatic N) is 3. The van der Waals surface area contributed by atoms with E-state index < -0.39 is 10.0 Å². The highest BCUT2D eigenvalue weighted by Crippen LogP contribution is 2.21. The van der Waals surface area contributed by atoms with Crippen molar-refractivity contribution in [3.8, 4) is 0 Å². The molecule has 0 unspecified atom stereocenters. The van der Waals surface area contributed by atoms with E-state index in [4.69, 9.17) is 0 Å². The molecule has 0 aliphatic carbocycles. The molecule has 2 aromatic rings. The normalized spacial score (nSPS) is 15.1. The zero-order valence-corrected chi connectivity index (χ0v) is 16.2. The maximum atomic E-state index is 12.5. The zero-order chi connectivity index (χ0) is 19.1. The van der Waals surface area contributed by atoms with Crippen LogP contribution in [0.25, 0.3) is 0 Å². The zero-order valence-electron chi connectivity index (χ0n) is 15.4. The predicted octanol–water partition coefficient (Wildman–Crippen LogP) is 1.81. The molecule has 0 bridgehead atoms. The van der Waals surface area contributed by atoms with Crippen LogP contribution in [0.1, 0.15) is 31.2 Å². The van der Waals surface area contributed by atoms with Gasteiger partial charge in [0, 0.05) is 45.0 Å². The minimum Gasteiger partial charge on any atom is -0.356 e. The Bertz CT molecular complexity index is 826. The molecule has 1 fully saturated rings. The number of aryl methyl sites for hydroxylation is 2. The molecule has 0 saturated carbocycles. The Balaban J connectivity index is 1.41. The molecule has 1 saturated heterocycles. The summed E-state index contributed by atoms with van der Waals surface area (Å²) < 4.78 is 28.4. The number of amides is 1. The third-order valence-electron chi connectivity index (χ3n) is 4.71. The van der Waals surface area contributed by atoms with Crippen LogP contribution in [-0.4, -0.2) is 48.0 Å². The van der Waals surface area contributed by atoms with Gasteiger partial charge in [-0.05, 0) is 49.4 Å². The summed E-state index contributed by atoms with van der Waals surface area (Å²) in [5.41, 5.74) is 0.960. The number of nitrogens with one attached hydrogen (secondary N) is 1. The molecular formula is C19H26N4O3S. The Morgan fingerprint density at radius 1 is 1.15 bits per heavy atom. The lowest BCUT2D eigenvalue weighted by molar-refractivity contribution is -0.121. The van der Waals surface area contributed by atoms with Crippen molar-refractivity contribution in [2.45, 2.75) is 43.5 Å². The molecule has 1 N–H and O–H groups in total. The highest BCUT2D eigenvalue weighted by Gasteiger charge is 2.26. The summed E-state index contributed by atoms with van der Waals surface area (Å²) in [6, 6.07) is 8.76. The number of sulfonamides is 1. The molecule has 2 heterocycles. The predicted molar refractivity (Wildman–Crippen MR) is 103 cm³/mol. The van der Waals surface area contributed by atoms with Crippen molar-refractivity contribution < 1.29 is 13.2 Å². The number of carbonyl (C=O) groups is 1. The third kappa shape index (κ3) is 5.40. The van der Waals surface area contributed by atoms with Gasteiger partial charge in [0.25, 0.3) is 0 Å². The molecule has 3 rings (SSSR count). The number of hydrogen-bond donors (Lipinski definition) is 1. The smallest absolute Gasteiger partial charge is 0.243 e. The van der Waals surface area contributed by atoms with Crippen molar-refractivity contribution in [1.82, 2.24) is 19.4 Å². The highest BCUT2D eigenvalue weighted by molar-refractivity contribution is 7.89. The number of aromatic nitrogens is 2. The fraction of sp³-hybridized carbons (Fsp3) is 0.474. The van der Waals surface area contributed by atoms with Crippen LogP contribution in [0.15, 0.2) is 47.6 Å². The van der Waals surface area contributed by atoms with E-state index in [9.17, 15) is 13.2 Å². The number of hydrogen-bond acceptors (Lipinski definition) is 4. The van der Waals surface area contributed by atoms with Crippen LogP contribution in [0.2, 0.25) is 0 Å². The average molecular weight is 391 g/mol. The van der Waals surface area contributed by atoms with E-state index in [1.54, 1.807) is 34.8 Å². The third-order valence-corrected chi connectivity index (χ3v) is 6.63. The molecule has 8 heteroatoms. The first-order chi connectivity index (χ1) is 13.1. The van der Waals surface area contributed by atoms with E-state index >= 15 is 0 Å². The molecule has 7 nitrogen and oxygen atoms in total. The van der Waals surface area contributed by atoms with E-state index in [0.29, 0.717) is 37.4 Å². The minimum absolute atomic E-state index is 0.00392. The van der Waals surface area contributed by atoms with Gasteiger partial charge in [0.2, 0.25) is 15.9 Å². The van der Waals surface area contributed by atoms with Crippen LogP contribution in [0.5, 0.6) is 0 Å². The van der Waals surface area contributed by atoms with Crippen molar-refractivity contribution in [3.05, 3.63) is 48.3 Å². The monoisotopic (exact) mass is 390 g/mol. The van der Waals surface area contributed by atoms with Gasteiger partial charge in [-0.1, -0.05) is 12.1 Å². The van der Waals surface area contributed by atoms with Crippen molar-refractivity contribution in [3.63, 3.8) is 0 Å². The minimum atomic E-state index is -3.37. The summed E-state index contributed by atoms with van der Waals surface area (Å²) in [5.74, 6) is 0.00392. The van der Waals surface area contributed by atoms with Crippen LogP contribution in [-0.2, 0) is 27.8 Å². The van der Waals surface area contributed by atoms with Crippen molar-refractivity contribution >= 4 is 15.9 Å². The Kier molecular flexibility index (Phi) is 6.63. The van der Waals surface area contributed by atoms with Gasteiger partial charge in [-0.25, -0.2) is 8.42 Å². The van der Waals surface area contributed by atoms with Crippen LogP contribution < -0.4 is 5.32 Å². The molecule has 1 aliphatic rings. The van der Waals surface area contributed by atoms with E-state index in [1.165, 1.54) is 0 Å². The maximum Gasteiger partial charge on any atom is 0.243 e. The van der Waals surface area contributed by atoms with E-state index in [2.05, 4.69) is 10.4 Å². The summed E-state index contributed by atoms with van der Waals surface area (Å²) in [6.45, 7) is 2.60. The lowest BCUT2D eigenvalue weighted by Gasteiger charge is -2.15. The highest BCUT2D eigenvalue weighted by atomic mass is 32.2. The van der Waals surface area contributed by atoms with Crippen molar-refractivity contribution in [1.29, 1.82) is 0 Å². The topological polar surface area (TPSA) is 84.3 Å². The van der Waals surface area contributed by atoms with E-state index in [-0.39, 0.29) is 5.91 Å². The van der Waals surface area contributed by atoms with Crippen LogP contribution in [0.3, 0.4) is 0 Å². The standard InChI is InChI=1S/C19H26N4O3S/c24-19(20-11-3-13-22-14-4-12-21-22)10-7-17-5-8-18(9-6-17)27(25,26)23-15-1-2-16-23/h4-6,8-9,12,14H,1-3,7,10-11,13,15-16H2,(H,20,24). The molecule has 0 radical (unpaired) electrons. The second-order valence-electron chi connectivity index (χ2n) is 6.73. The molecule has 1 amide bonds. The number of benzene rings is 1. The van der Waals surface area contributed by atoms with Crippen molar-refractivity contribution in [2.24, 2.45) is 0 Å². The molecule has 1 aromatic heterocycles. The average Bonchev–Trinajstić information content (AvgIpc) is 3.38. The van der Waals surface area contributed by atoms with E-state index in [0.717, 1.165) is 31.4 Å². The van der Waals surface area contributed by atoms with Gasteiger partial charge in [-0.15, -0.1) is 0 Å². The quantitative estimate of drug-likeness (QED) is 0.662. The van der Waals surface area contributed by atoms with Crippen LogP contribution in [0, 0.1) is 0 Å². The van der Waals surface area contributed by atoms with Crippen molar-refractivity contribution in [2.75, 3.05) is 19.6 Å². The van der Waals surface area contributed by atoms with Gasteiger partial charge in [-0.2, -0.15) is 9.40 Å². The lowest BCUT2D eigenvalue weighted by atomic mass is 10.1. The first-order valence-corrected chi connectivity index (χ1v) is 10.8. The Labute approximate surface area is 160 Å². The molecule has 1 aliphatic heterocycles. The van der Waals surface area contributed by atoms with Gasteiger partial charge < -0.3 is 5.32 Å². The van der Waals surface area contributed by atoms with Gasteiger partial charge in [0.15, 0.2) is 0 Å². The molecular weight excluding hydrogens is 364 g/mol. The molecule has 27 heavy (non-hydrogen) atoms. The fourth-order valence-corrected chi connectivity index (χ4v) is 4.67. The molecule has 0 atom stereocenters. The van der Waals surface area contributed by atoms with Gasteiger partial charge in [0.1, 0.15) is 0 Å². The molecule has 0 spiro atoms. The fourth-order valence-electron chi connectivity index (χ4n) is 3.15. The summed E-state index contributed by atoms with van der Waals surface area (Å²) in [5, 5.41) is 7.02. The first kappa shape index (κ1) is 19.6. The Morgan fingerprint density at radius 3 is 2.56 bits per heavy atom. The number of rotatable bonds is 9. The number of carbonyl (C=O) groups excluding carboxylic acids is 1.